The van der Waals surface area contributed by atoms with Crippen molar-refractivity contribution in [3.05, 3.63) is 86.7 Å². The lowest BCUT2D eigenvalue weighted by Crippen LogP contribution is -2.09. The molecule has 0 atom stereocenters. The smallest absolute Gasteiger partial charge is 0.344 e. The van der Waals surface area contributed by atoms with E-state index in [2.05, 4.69) is 15.9 Å². The van der Waals surface area contributed by atoms with E-state index in [4.69, 9.17) is 18.6 Å². The Bertz CT molecular complexity index is 1370. The van der Waals surface area contributed by atoms with Crippen LogP contribution >= 0.6 is 15.9 Å². The first kappa shape index (κ1) is 21.6. The topological polar surface area (TPSA) is 75.0 Å². The van der Waals surface area contributed by atoms with Crippen LogP contribution in [0.5, 0.6) is 17.2 Å². The molecule has 0 spiro atoms. The minimum absolute atomic E-state index is 0.284. The van der Waals surface area contributed by atoms with Crippen molar-refractivity contribution in [3.63, 3.8) is 0 Å². The highest BCUT2D eigenvalue weighted by Crippen LogP contribution is 2.34. The van der Waals surface area contributed by atoms with Crippen molar-refractivity contribution in [3.8, 4) is 28.4 Å². The van der Waals surface area contributed by atoms with Gasteiger partial charge in [-0.15, -0.1) is 0 Å². The number of hydrogen-bond donors (Lipinski definition) is 0. The number of aryl methyl sites for hydroxylation is 1. The summed E-state index contributed by atoms with van der Waals surface area (Å²) in [5.41, 5.74) is 2.07. The Hall–Kier alpha value is -3.58. The number of methoxy groups -OCH3 is 2. The number of carbonyl (C=O) groups is 1. The number of halogens is 1. The average Bonchev–Trinajstić information content (AvgIpc) is 2.79. The zero-order chi connectivity index (χ0) is 22.8. The Labute approximate surface area is 192 Å². The van der Waals surface area contributed by atoms with Crippen molar-refractivity contribution < 1.29 is 23.4 Å². The van der Waals surface area contributed by atoms with Crippen molar-refractivity contribution in [1.82, 2.24) is 0 Å². The average molecular weight is 495 g/mol. The molecule has 0 amide bonds. The Balaban J connectivity index is 1.71. The summed E-state index contributed by atoms with van der Waals surface area (Å²) in [6, 6.07) is 17.1. The molecule has 0 radical (unpaired) electrons. The molecule has 7 heteroatoms. The van der Waals surface area contributed by atoms with Gasteiger partial charge in [-0.3, -0.25) is 0 Å². The van der Waals surface area contributed by atoms with Gasteiger partial charge in [-0.1, -0.05) is 22.0 Å². The van der Waals surface area contributed by atoms with Gasteiger partial charge in [0, 0.05) is 15.9 Å². The van der Waals surface area contributed by atoms with Crippen molar-refractivity contribution in [2.45, 2.75) is 6.92 Å². The van der Waals surface area contributed by atoms with Crippen LogP contribution in [0, 0.1) is 6.92 Å². The molecular formula is C25H19BrO6. The van der Waals surface area contributed by atoms with Crippen molar-refractivity contribution >= 4 is 32.9 Å². The highest BCUT2D eigenvalue weighted by Gasteiger charge is 2.17. The minimum Gasteiger partial charge on any atom is -0.493 e. The molecule has 3 aromatic carbocycles. The van der Waals surface area contributed by atoms with E-state index in [0.717, 1.165) is 15.4 Å². The van der Waals surface area contributed by atoms with Gasteiger partial charge in [0.05, 0.1) is 25.3 Å². The number of fused-ring (bicyclic) bond motifs is 1. The Morgan fingerprint density at radius 2 is 1.62 bits per heavy atom. The van der Waals surface area contributed by atoms with Crippen LogP contribution in [-0.2, 0) is 0 Å². The third-order valence-electron chi connectivity index (χ3n) is 5.10. The van der Waals surface area contributed by atoms with Gasteiger partial charge in [-0.25, -0.2) is 9.59 Å². The van der Waals surface area contributed by atoms with Gasteiger partial charge in [-0.2, -0.15) is 0 Å². The molecule has 0 fully saturated rings. The molecule has 0 aliphatic rings. The second-order valence-corrected chi connectivity index (χ2v) is 7.93. The largest absolute Gasteiger partial charge is 0.493 e. The highest BCUT2D eigenvalue weighted by molar-refractivity contribution is 9.10. The van der Waals surface area contributed by atoms with Crippen LogP contribution in [0.15, 0.2) is 74.3 Å². The predicted molar refractivity (Wildman–Crippen MR) is 125 cm³/mol. The van der Waals surface area contributed by atoms with Crippen LogP contribution in [0.3, 0.4) is 0 Å². The van der Waals surface area contributed by atoms with Gasteiger partial charge >= 0.3 is 11.6 Å². The second-order valence-electron chi connectivity index (χ2n) is 7.01. The van der Waals surface area contributed by atoms with Crippen LogP contribution in [0.1, 0.15) is 15.9 Å². The normalized spacial score (nSPS) is 10.8. The molecule has 0 saturated carbocycles. The molecule has 0 unspecified atom stereocenters. The highest BCUT2D eigenvalue weighted by atomic mass is 79.9. The predicted octanol–water partition coefficient (Wildman–Crippen LogP) is 5.77. The molecule has 0 bridgehead atoms. The van der Waals surface area contributed by atoms with Crippen LogP contribution in [0.4, 0.5) is 0 Å². The first-order chi connectivity index (χ1) is 15.4. The number of benzene rings is 3. The van der Waals surface area contributed by atoms with Gasteiger partial charge in [0.2, 0.25) is 0 Å². The van der Waals surface area contributed by atoms with Crippen LogP contribution in [0.2, 0.25) is 0 Å². The molecule has 0 N–H and O–H groups in total. The summed E-state index contributed by atoms with van der Waals surface area (Å²) in [5.74, 6) is 0.861. The molecular weight excluding hydrogens is 476 g/mol. The van der Waals surface area contributed by atoms with E-state index >= 15 is 0 Å². The van der Waals surface area contributed by atoms with E-state index in [1.165, 1.54) is 7.11 Å². The zero-order valence-corrected chi connectivity index (χ0v) is 19.2. The maximum absolute atomic E-state index is 12.8. The number of esters is 1. The SMILES string of the molecule is COc1ccc(-c2c(C)c3ccc(OC(=O)c4ccc(Br)cc4)cc3oc2=O)cc1OC. The zero-order valence-electron chi connectivity index (χ0n) is 17.6. The molecule has 0 saturated heterocycles. The summed E-state index contributed by atoms with van der Waals surface area (Å²) >= 11 is 3.33. The fraction of sp³-hybridized carbons (Fsp3) is 0.120. The molecule has 0 aliphatic carbocycles. The Morgan fingerprint density at radius 3 is 2.31 bits per heavy atom. The minimum atomic E-state index is -0.502. The number of hydrogen-bond acceptors (Lipinski definition) is 6. The summed E-state index contributed by atoms with van der Waals surface area (Å²) in [4.78, 5) is 25.2. The van der Waals surface area contributed by atoms with Gasteiger partial charge < -0.3 is 18.6 Å². The van der Waals surface area contributed by atoms with E-state index in [-0.39, 0.29) is 5.75 Å². The molecule has 6 nitrogen and oxygen atoms in total. The third kappa shape index (κ3) is 4.11. The summed E-state index contributed by atoms with van der Waals surface area (Å²) in [6.07, 6.45) is 0. The summed E-state index contributed by atoms with van der Waals surface area (Å²) in [7, 11) is 3.09. The lowest BCUT2D eigenvalue weighted by atomic mass is 9.99. The second kappa shape index (κ2) is 8.88. The third-order valence-corrected chi connectivity index (χ3v) is 5.63. The number of carbonyl (C=O) groups excluding carboxylic acids is 1. The first-order valence-corrected chi connectivity index (χ1v) is 10.5. The lowest BCUT2D eigenvalue weighted by Gasteiger charge is -2.12. The standard InChI is InChI=1S/C25H19BrO6/c1-14-19-10-9-18(31-24(27)15-4-7-17(26)8-5-15)13-21(19)32-25(28)23(14)16-6-11-20(29-2)22(12-16)30-3/h4-13H,1-3H3. The molecule has 4 rings (SSSR count). The van der Waals surface area contributed by atoms with Gasteiger partial charge in [0.15, 0.2) is 11.5 Å². The Kier molecular flexibility index (Phi) is 6.01. The monoisotopic (exact) mass is 494 g/mol. The van der Waals surface area contributed by atoms with Crippen molar-refractivity contribution in [1.29, 1.82) is 0 Å². The van der Waals surface area contributed by atoms with E-state index in [1.54, 1.807) is 67.8 Å². The van der Waals surface area contributed by atoms with Crippen LogP contribution in [0.25, 0.3) is 22.1 Å². The van der Waals surface area contributed by atoms with E-state index in [1.807, 2.05) is 6.92 Å². The summed E-state index contributed by atoms with van der Waals surface area (Å²) in [5, 5.41) is 0.734. The Morgan fingerprint density at radius 1 is 0.906 bits per heavy atom. The molecule has 32 heavy (non-hydrogen) atoms. The van der Waals surface area contributed by atoms with Crippen molar-refractivity contribution in [2.24, 2.45) is 0 Å². The van der Waals surface area contributed by atoms with Gasteiger partial charge in [0.25, 0.3) is 0 Å². The van der Waals surface area contributed by atoms with Gasteiger partial charge in [0.1, 0.15) is 11.3 Å². The van der Waals surface area contributed by atoms with Gasteiger partial charge in [-0.05, 0) is 66.6 Å². The summed E-state index contributed by atoms with van der Waals surface area (Å²) < 4.78 is 22.5. The fourth-order valence-electron chi connectivity index (χ4n) is 3.48. The molecule has 0 aliphatic heterocycles. The van der Waals surface area contributed by atoms with Crippen molar-refractivity contribution in [2.75, 3.05) is 14.2 Å². The molecule has 4 aromatic rings. The van der Waals surface area contributed by atoms with Crippen LogP contribution < -0.4 is 19.8 Å². The van der Waals surface area contributed by atoms with E-state index in [9.17, 15) is 9.59 Å². The fourth-order valence-corrected chi connectivity index (χ4v) is 3.74. The van der Waals surface area contributed by atoms with E-state index in [0.29, 0.717) is 33.8 Å². The first-order valence-electron chi connectivity index (χ1n) is 9.69. The molecule has 1 aromatic heterocycles. The molecule has 1 heterocycles. The quantitative estimate of drug-likeness (QED) is 0.199. The maximum atomic E-state index is 12.8. The van der Waals surface area contributed by atoms with E-state index < -0.39 is 11.6 Å². The lowest BCUT2D eigenvalue weighted by molar-refractivity contribution is 0.0735. The maximum Gasteiger partial charge on any atom is 0.344 e. The summed E-state index contributed by atoms with van der Waals surface area (Å²) in [6.45, 7) is 1.85. The number of rotatable bonds is 5. The van der Waals surface area contributed by atoms with Crippen LogP contribution in [-0.4, -0.2) is 20.2 Å². The number of ether oxygens (including phenoxy) is 3. The molecule has 162 valence electrons.